The summed E-state index contributed by atoms with van der Waals surface area (Å²) in [5.74, 6) is 0.185. The van der Waals surface area contributed by atoms with Gasteiger partial charge in [0.05, 0.1) is 5.69 Å². The van der Waals surface area contributed by atoms with Crippen LogP contribution in [-0.2, 0) is 11.3 Å². The smallest absolute Gasteiger partial charge is 0.238 e. The lowest BCUT2D eigenvalue weighted by atomic mass is 10.0. The molecule has 2 heterocycles. The number of rotatable bonds is 5. The van der Waals surface area contributed by atoms with Crippen LogP contribution in [0.4, 0.5) is 0 Å². The van der Waals surface area contributed by atoms with Crippen LogP contribution in [0.3, 0.4) is 0 Å². The van der Waals surface area contributed by atoms with Gasteiger partial charge in [-0.05, 0) is 47.9 Å². The lowest BCUT2D eigenvalue weighted by Crippen LogP contribution is -2.42. The number of nitrogens with zero attached hydrogens (tertiary/aromatic N) is 2. The van der Waals surface area contributed by atoms with E-state index in [-0.39, 0.29) is 23.7 Å². The number of phenols is 1. The van der Waals surface area contributed by atoms with Gasteiger partial charge < -0.3 is 10.4 Å². The number of nitrogens with one attached hydrogen (secondary N) is 3. The van der Waals surface area contributed by atoms with Crippen molar-refractivity contribution in [2.24, 2.45) is 0 Å². The highest BCUT2D eigenvalue weighted by Crippen LogP contribution is 2.24. The second kappa shape index (κ2) is 7.61. The molecule has 4 rings (SSSR count). The minimum Gasteiger partial charge on any atom is -0.508 e. The highest BCUT2D eigenvalue weighted by molar-refractivity contribution is 5.82. The number of hydrazine groups is 1. The van der Waals surface area contributed by atoms with Crippen LogP contribution in [0.5, 0.6) is 5.75 Å². The molecule has 7 nitrogen and oxygen atoms in total. The lowest BCUT2D eigenvalue weighted by Gasteiger charge is -2.11. The molecule has 27 heavy (non-hydrogen) atoms. The molecule has 2 atom stereocenters. The van der Waals surface area contributed by atoms with E-state index in [0.29, 0.717) is 13.0 Å². The van der Waals surface area contributed by atoms with Crippen LogP contribution in [0.25, 0.3) is 5.69 Å². The van der Waals surface area contributed by atoms with Crippen LogP contribution in [-0.4, -0.2) is 26.8 Å². The summed E-state index contributed by atoms with van der Waals surface area (Å²) >= 11 is 0. The molecular formula is C20H21N5O2. The van der Waals surface area contributed by atoms with Crippen molar-refractivity contribution in [3.8, 4) is 11.4 Å². The van der Waals surface area contributed by atoms with Crippen LogP contribution in [0, 0.1) is 0 Å². The molecule has 2 unspecified atom stereocenters. The van der Waals surface area contributed by atoms with E-state index in [0.717, 1.165) is 16.8 Å². The number of phenolic OH excluding ortho intramolecular Hbond substituents is 1. The number of hydrogen-bond acceptors (Lipinski definition) is 5. The number of carbonyl (C=O) groups is 1. The fraction of sp³-hybridized carbons (Fsp3) is 0.200. The zero-order chi connectivity index (χ0) is 18.6. The molecule has 7 heteroatoms. The maximum Gasteiger partial charge on any atom is 0.238 e. The lowest BCUT2D eigenvalue weighted by molar-refractivity contribution is -0.123. The molecule has 1 fully saturated rings. The van der Waals surface area contributed by atoms with Gasteiger partial charge in [-0.25, -0.2) is 15.5 Å². The van der Waals surface area contributed by atoms with E-state index in [1.807, 2.05) is 48.7 Å². The summed E-state index contributed by atoms with van der Waals surface area (Å²) in [6, 6.07) is 16.5. The van der Waals surface area contributed by atoms with Gasteiger partial charge in [0.15, 0.2) is 0 Å². The first-order chi connectivity index (χ1) is 13.2. The second-order valence-electron chi connectivity index (χ2n) is 6.56. The molecule has 1 amide bonds. The molecule has 1 aliphatic heterocycles. The summed E-state index contributed by atoms with van der Waals surface area (Å²) in [7, 11) is 0. The molecule has 0 spiro atoms. The normalized spacial score (nSPS) is 19.1. The fourth-order valence-corrected chi connectivity index (χ4v) is 3.20. The monoisotopic (exact) mass is 363 g/mol. The number of benzene rings is 2. The van der Waals surface area contributed by atoms with Crippen molar-refractivity contribution >= 4 is 5.91 Å². The van der Waals surface area contributed by atoms with Crippen molar-refractivity contribution in [2.75, 3.05) is 0 Å². The number of aromatic hydroxyl groups is 1. The van der Waals surface area contributed by atoms with Gasteiger partial charge in [0.25, 0.3) is 0 Å². The number of hydrogen-bond donors (Lipinski definition) is 4. The largest absolute Gasteiger partial charge is 0.508 e. The standard InChI is InChI=1S/C20H21N5O2/c26-17-7-5-15(6-8-17)18-12-19(24-23-18)20(27)21-13-14-3-1-4-16(11-14)25-10-2-9-22-25/h1-11,18-19,23-24,26H,12-13H2,(H,21,27). The molecule has 0 aliphatic carbocycles. The van der Waals surface area contributed by atoms with Gasteiger partial charge in [0.1, 0.15) is 11.8 Å². The van der Waals surface area contributed by atoms with Gasteiger partial charge in [0, 0.05) is 25.0 Å². The molecule has 0 bridgehead atoms. The molecule has 3 aromatic rings. The number of carbonyl (C=O) groups excluding carboxylic acids is 1. The molecular weight excluding hydrogens is 342 g/mol. The first-order valence-electron chi connectivity index (χ1n) is 8.86. The molecule has 1 aromatic heterocycles. The van der Waals surface area contributed by atoms with Crippen LogP contribution < -0.4 is 16.2 Å². The van der Waals surface area contributed by atoms with Crippen molar-refractivity contribution < 1.29 is 9.90 Å². The summed E-state index contributed by atoms with van der Waals surface area (Å²) in [5, 5.41) is 16.6. The molecule has 0 saturated carbocycles. The first-order valence-corrected chi connectivity index (χ1v) is 8.86. The summed E-state index contributed by atoms with van der Waals surface area (Å²) < 4.78 is 1.79. The van der Waals surface area contributed by atoms with Crippen LogP contribution in [0.2, 0.25) is 0 Å². The zero-order valence-electron chi connectivity index (χ0n) is 14.7. The van der Waals surface area contributed by atoms with E-state index in [4.69, 9.17) is 0 Å². The molecule has 138 valence electrons. The average Bonchev–Trinajstić information content (AvgIpc) is 3.39. The maximum atomic E-state index is 12.5. The Morgan fingerprint density at radius 3 is 2.81 bits per heavy atom. The van der Waals surface area contributed by atoms with E-state index in [1.54, 1.807) is 23.0 Å². The predicted octanol–water partition coefficient (Wildman–Crippen LogP) is 1.80. The van der Waals surface area contributed by atoms with Crippen molar-refractivity contribution in [2.45, 2.75) is 25.0 Å². The zero-order valence-corrected chi connectivity index (χ0v) is 14.7. The van der Waals surface area contributed by atoms with Crippen LogP contribution in [0.1, 0.15) is 23.6 Å². The third kappa shape index (κ3) is 3.99. The molecule has 2 aromatic carbocycles. The predicted molar refractivity (Wildman–Crippen MR) is 101 cm³/mol. The van der Waals surface area contributed by atoms with Gasteiger partial charge in [-0.1, -0.05) is 24.3 Å². The summed E-state index contributed by atoms with van der Waals surface area (Å²) in [4.78, 5) is 12.5. The summed E-state index contributed by atoms with van der Waals surface area (Å²) in [5.41, 5.74) is 9.20. The van der Waals surface area contributed by atoms with E-state index >= 15 is 0 Å². The maximum absolute atomic E-state index is 12.5. The van der Waals surface area contributed by atoms with Crippen molar-refractivity contribution in [1.82, 2.24) is 25.9 Å². The average molecular weight is 363 g/mol. The molecule has 0 radical (unpaired) electrons. The third-order valence-electron chi connectivity index (χ3n) is 4.66. The highest BCUT2D eigenvalue weighted by atomic mass is 16.3. The summed E-state index contributed by atoms with van der Waals surface area (Å²) in [6.45, 7) is 0.454. The Morgan fingerprint density at radius 2 is 2.04 bits per heavy atom. The minimum absolute atomic E-state index is 0.0319. The Bertz CT molecular complexity index is 908. The molecule has 4 N–H and O–H groups in total. The minimum atomic E-state index is -0.307. The summed E-state index contributed by atoms with van der Waals surface area (Å²) in [6.07, 6.45) is 4.26. The van der Waals surface area contributed by atoms with E-state index < -0.39 is 0 Å². The Hall–Kier alpha value is -3.16. The van der Waals surface area contributed by atoms with Crippen molar-refractivity contribution in [1.29, 1.82) is 0 Å². The van der Waals surface area contributed by atoms with Gasteiger partial charge in [-0.2, -0.15) is 5.10 Å². The molecule has 1 aliphatic rings. The molecule has 1 saturated heterocycles. The quantitative estimate of drug-likeness (QED) is 0.555. The van der Waals surface area contributed by atoms with Gasteiger partial charge in [-0.15, -0.1) is 0 Å². The Kier molecular flexibility index (Phi) is 4.86. The van der Waals surface area contributed by atoms with Gasteiger partial charge in [-0.3, -0.25) is 4.79 Å². The van der Waals surface area contributed by atoms with E-state index in [1.165, 1.54) is 0 Å². The number of aromatic nitrogens is 2. The third-order valence-corrected chi connectivity index (χ3v) is 4.66. The Morgan fingerprint density at radius 1 is 1.19 bits per heavy atom. The second-order valence-corrected chi connectivity index (χ2v) is 6.56. The first kappa shape index (κ1) is 17.3. The van der Waals surface area contributed by atoms with E-state index in [9.17, 15) is 9.90 Å². The van der Waals surface area contributed by atoms with Gasteiger partial charge in [0.2, 0.25) is 5.91 Å². The highest BCUT2D eigenvalue weighted by Gasteiger charge is 2.29. The Labute approximate surface area is 157 Å². The van der Waals surface area contributed by atoms with Crippen LogP contribution in [0.15, 0.2) is 67.0 Å². The van der Waals surface area contributed by atoms with E-state index in [2.05, 4.69) is 21.3 Å². The van der Waals surface area contributed by atoms with Crippen molar-refractivity contribution in [3.05, 3.63) is 78.1 Å². The topological polar surface area (TPSA) is 91.2 Å². The number of amides is 1. The van der Waals surface area contributed by atoms with Crippen molar-refractivity contribution in [3.63, 3.8) is 0 Å². The van der Waals surface area contributed by atoms with Crippen LogP contribution >= 0.6 is 0 Å². The van der Waals surface area contributed by atoms with Gasteiger partial charge >= 0.3 is 0 Å². The fourth-order valence-electron chi connectivity index (χ4n) is 3.20. The SMILES string of the molecule is O=C(NCc1cccc(-n2cccn2)c1)C1CC(c2ccc(O)cc2)NN1. The Balaban J connectivity index is 1.34.